The number of carbonyl (C=O) groups is 1. The summed E-state index contributed by atoms with van der Waals surface area (Å²) in [6, 6.07) is 0.189. The molecule has 1 amide bonds. The van der Waals surface area contributed by atoms with Crippen LogP contribution in [0.2, 0.25) is 0 Å². The molecule has 2 aliphatic heterocycles. The van der Waals surface area contributed by atoms with E-state index in [9.17, 15) is 4.79 Å². The van der Waals surface area contributed by atoms with Crippen LogP contribution in [0.25, 0.3) is 0 Å². The summed E-state index contributed by atoms with van der Waals surface area (Å²) in [5, 5.41) is 9.64. The second-order valence-corrected chi connectivity index (χ2v) is 5.54. The van der Waals surface area contributed by atoms with Crippen molar-refractivity contribution in [3.8, 4) is 0 Å². The van der Waals surface area contributed by atoms with Crippen molar-refractivity contribution in [2.45, 2.75) is 25.3 Å². The average Bonchev–Trinajstić information content (AvgIpc) is 3.03. The SMILES string of the molecule is O=C(N[C@@H]1CCOC[C@@H]1C1CCOCC1)c1cn[nH]c1. The maximum atomic E-state index is 12.2. The molecule has 0 bridgehead atoms. The Morgan fingerprint density at radius 2 is 2.05 bits per heavy atom. The fraction of sp³-hybridized carbons (Fsp3) is 0.714. The van der Waals surface area contributed by atoms with Gasteiger partial charge in [-0.15, -0.1) is 0 Å². The van der Waals surface area contributed by atoms with Crippen LogP contribution in [0.15, 0.2) is 12.4 Å². The van der Waals surface area contributed by atoms with Gasteiger partial charge in [-0.2, -0.15) is 5.10 Å². The summed E-state index contributed by atoms with van der Waals surface area (Å²) in [4.78, 5) is 12.2. The number of aromatic amines is 1. The quantitative estimate of drug-likeness (QED) is 0.864. The minimum atomic E-state index is -0.0530. The Morgan fingerprint density at radius 1 is 1.25 bits per heavy atom. The lowest BCUT2D eigenvalue weighted by Crippen LogP contribution is -2.49. The molecule has 3 rings (SSSR count). The normalized spacial score (nSPS) is 28.2. The topological polar surface area (TPSA) is 76.2 Å². The maximum Gasteiger partial charge on any atom is 0.254 e. The van der Waals surface area contributed by atoms with Crippen molar-refractivity contribution < 1.29 is 14.3 Å². The minimum absolute atomic E-state index is 0.0530. The van der Waals surface area contributed by atoms with Crippen LogP contribution in [-0.4, -0.2) is 48.6 Å². The van der Waals surface area contributed by atoms with Gasteiger partial charge in [-0.25, -0.2) is 0 Å². The van der Waals surface area contributed by atoms with Crippen LogP contribution < -0.4 is 5.32 Å². The van der Waals surface area contributed by atoms with Crippen molar-refractivity contribution in [1.82, 2.24) is 15.5 Å². The number of aromatic nitrogens is 2. The van der Waals surface area contributed by atoms with Gasteiger partial charge in [-0.05, 0) is 25.2 Å². The Bertz CT molecular complexity index is 429. The largest absolute Gasteiger partial charge is 0.381 e. The van der Waals surface area contributed by atoms with Gasteiger partial charge in [0.25, 0.3) is 5.91 Å². The zero-order valence-corrected chi connectivity index (χ0v) is 11.5. The van der Waals surface area contributed by atoms with Gasteiger partial charge in [-0.1, -0.05) is 0 Å². The van der Waals surface area contributed by atoms with Crippen LogP contribution in [0.3, 0.4) is 0 Å². The van der Waals surface area contributed by atoms with E-state index in [4.69, 9.17) is 9.47 Å². The maximum absolute atomic E-state index is 12.2. The van der Waals surface area contributed by atoms with Crippen molar-refractivity contribution in [3.63, 3.8) is 0 Å². The molecule has 20 heavy (non-hydrogen) atoms. The van der Waals surface area contributed by atoms with E-state index in [0.29, 0.717) is 17.4 Å². The lowest BCUT2D eigenvalue weighted by molar-refractivity contribution is -0.0259. The van der Waals surface area contributed by atoms with E-state index in [1.54, 1.807) is 12.4 Å². The Labute approximate surface area is 118 Å². The van der Waals surface area contributed by atoms with Gasteiger partial charge in [0, 0.05) is 38.0 Å². The van der Waals surface area contributed by atoms with E-state index in [1.807, 2.05) is 0 Å². The molecule has 6 heteroatoms. The smallest absolute Gasteiger partial charge is 0.254 e. The van der Waals surface area contributed by atoms with Crippen molar-refractivity contribution in [2.75, 3.05) is 26.4 Å². The number of amides is 1. The van der Waals surface area contributed by atoms with E-state index in [-0.39, 0.29) is 11.9 Å². The Morgan fingerprint density at radius 3 is 2.80 bits per heavy atom. The van der Waals surface area contributed by atoms with E-state index in [2.05, 4.69) is 15.5 Å². The molecule has 0 spiro atoms. The first kappa shape index (κ1) is 13.6. The third-order valence-electron chi connectivity index (χ3n) is 4.35. The predicted molar refractivity (Wildman–Crippen MR) is 72.3 cm³/mol. The first-order valence-corrected chi connectivity index (χ1v) is 7.29. The Hall–Kier alpha value is -1.40. The number of ether oxygens (including phenoxy) is 2. The lowest BCUT2D eigenvalue weighted by atomic mass is 9.79. The van der Waals surface area contributed by atoms with Crippen LogP contribution in [0, 0.1) is 11.8 Å². The number of hydrogen-bond acceptors (Lipinski definition) is 4. The second kappa shape index (κ2) is 6.37. The molecule has 110 valence electrons. The number of nitrogens with one attached hydrogen (secondary N) is 2. The van der Waals surface area contributed by atoms with Crippen molar-refractivity contribution in [3.05, 3.63) is 18.0 Å². The van der Waals surface area contributed by atoms with Gasteiger partial charge in [0.05, 0.1) is 18.4 Å². The van der Waals surface area contributed by atoms with Gasteiger partial charge in [0.1, 0.15) is 0 Å². The highest BCUT2D eigenvalue weighted by atomic mass is 16.5. The number of rotatable bonds is 3. The molecule has 2 saturated heterocycles. The number of hydrogen-bond donors (Lipinski definition) is 2. The van der Waals surface area contributed by atoms with Gasteiger partial charge in [-0.3, -0.25) is 9.89 Å². The van der Waals surface area contributed by atoms with Crippen LogP contribution in [-0.2, 0) is 9.47 Å². The summed E-state index contributed by atoms with van der Waals surface area (Å²) in [5.74, 6) is 0.921. The van der Waals surface area contributed by atoms with E-state index in [1.165, 1.54) is 0 Å². The molecule has 2 fully saturated rings. The molecular formula is C14H21N3O3. The Kier molecular flexibility index (Phi) is 4.32. The van der Waals surface area contributed by atoms with Crippen molar-refractivity contribution >= 4 is 5.91 Å². The monoisotopic (exact) mass is 279 g/mol. The van der Waals surface area contributed by atoms with Crippen LogP contribution >= 0.6 is 0 Å². The second-order valence-electron chi connectivity index (χ2n) is 5.54. The number of nitrogens with zero attached hydrogens (tertiary/aromatic N) is 1. The Balaban J connectivity index is 1.64. The molecule has 2 atom stereocenters. The molecular weight excluding hydrogens is 258 g/mol. The average molecular weight is 279 g/mol. The highest BCUT2D eigenvalue weighted by molar-refractivity contribution is 5.93. The third-order valence-corrected chi connectivity index (χ3v) is 4.35. The summed E-state index contributed by atoms with van der Waals surface area (Å²) in [6.45, 7) is 3.10. The van der Waals surface area contributed by atoms with Gasteiger partial charge in [0.2, 0.25) is 0 Å². The fourth-order valence-corrected chi connectivity index (χ4v) is 3.17. The number of carbonyl (C=O) groups excluding carboxylic acids is 1. The first-order chi connectivity index (χ1) is 9.84. The predicted octanol–water partition coefficient (Wildman–Crippen LogP) is 0.971. The summed E-state index contributed by atoms with van der Waals surface area (Å²) in [7, 11) is 0. The number of H-pyrrole nitrogens is 1. The fourth-order valence-electron chi connectivity index (χ4n) is 3.17. The van der Waals surface area contributed by atoms with Crippen molar-refractivity contribution in [2.24, 2.45) is 11.8 Å². The summed E-state index contributed by atoms with van der Waals surface area (Å²) in [5.41, 5.74) is 0.585. The summed E-state index contributed by atoms with van der Waals surface area (Å²) >= 11 is 0. The zero-order valence-electron chi connectivity index (χ0n) is 11.5. The van der Waals surface area contributed by atoms with Crippen LogP contribution in [0.1, 0.15) is 29.6 Å². The zero-order chi connectivity index (χ0) is 13.8. The minimum Gasteiger partial charge on any atom is -0.381 e. The van der Waals surface area contributed by atoms with E-state index < -0.39 is 0 Å². The molecule has 0 unspecified atom stereocenters. The highest BCUT2D eigenvalue weighted by Gasteiger charge is 2.34. The molecule has 2 aliphatic rings. The molecule has 2 N–H and O–H groups in total. The molecule has 0 saturated carbocycles. The van der Waals surface area contributed by atoms with Gasteiger partial charge < -0.3 is 14.8 Å². The third kappa shape index (κ3) is 3.02. The van der Waals surface area contributed by atoms with Crippen LogP contribution in [0.4, 0.5) is 0 Å². The molecule has 1 aromatic rings. The molecule has 1 aromatic heterocycles. The molecule has 6 nitrogen and oxygen atoms in total. The van der Waals surface area contributed by atoms with E-state index in [0.717, 1.165) is 45.7 Å². The van der Waals surface area contributed by atoms with Gasteiger partial charge >= 0.3 is 0 Å². The molecule has 0 aliphatic carbocycles. The summed E-state index contributed by atoms with van der Waals surface area (Å²) in [6.07, 6.45) is 6.18. The standard InChI is InChI=1S/C14H21N3O3/c18-14(11-7-15-16-8-11)17-13-3-6-20-9-12(13)10-1-4-19-5-2-10/h7-8,10,12-13H,1-6,9H2,(H,15,16)(H,17,18)/t12-,13-/m1/s1. The summed E-state index contributed by atoms with van der Waals surface area (Å²) < 4.78 is 11.1. The lowest BCUT2D eigenvalue weighted by Gasteiger charge is -2.38. The highest BCUT2D eigenvalue weighted by Crippen LogP contribution is 2.30. The molecule has 0 aromatic carbocycles. The van der Waals surface area contributed by atoms with Gasteiger partial charge in [0.15, 0.2) is 0 Å². The molecule has 3 heterocycles. The van der Waals surface area contributed by atoms with Crippen LogP contribution in [0.5, 0.6) is 0 Å². The molecule has 0 radical (unpaired) electrons. The van der Waals surface area contributed by atoms with E-state index >= 15 is 0 Å². The van der Waals surface area contributed by atoms with Crippen molar-refractivity contribution in [1.29, 1.82) is 0 Å². The first-order valence-electron chi connectivity index (χ1n) is 7.29.